The molecule has 2 aliphatic heterocycles. The molecule has 33 heavy (non-hydrogen) atoms. The summed E-state index contributed by atoms with van der Waals surface area (Å²) in [6.45, 7) is 2.25. The van der Waals surface area contributed by atoms with Crippen LogP contribution in [-0.4, -0.2) is 41.9 Å². The fourth-order valence-corrected chi connectivity index (χ4v) is 7.57. The van der Waals surface area contributed by atoms with Crippen molar-refractivity contribution in [2.75, 3.05) is 19.4 Å². The van der Waals surface area contributed by atoms with E-state index in [1.54, 1.807) is 14.1 Å². The maximum absolute atomic E-state index is 13.3. The number of allylic oxidation sites excluding steroid dienone is 2. The summed E-state index contributed by atoms with van der Waals surface area (Å²) in [5, 5.41) is 15.9. The van der Waals surface area contributed by atoms with Crippen molar-refractivity contribution in [2.45, 2.75) is 69.1 Å². The molecule has 2 bridgehead atoms. The summed E-state index contributed by atoms with van der Waals surface area (Å²) in [5.74, 6) is 0.246. The van der Waals surface area contributed by atoms with E-state index in [1.807, 2.05) is 30.3 Å². The van der Waals surface area contributed by atoms with Crippen molar-refractivity contribution in [3.63, 3.8) is 0 Å². The number of para-hydroxylation sites is 1. The van der Waals surface area contributed by atoms with Crippen LogP contribution in [0.4, 0.5) is 5.69 Å². The number of amides is 1. The first kappa shape index (κ1) is 21.3. The molecule has 1 aromatic rings. The quantitative estimate of drug-likeness (QED) is 0.509. The zero-order chi connectivity index (χ0) is 23.1. The molecule has 5 nitrogen and oxygen atoms in total. The molecule has 1 saturated heterocycles. The van der Waals surface area contributed by atoms with Crippen molar-refractivity contribution < 1.29 is 14.2 Å². The van der Waals surface area contributed by atoms with Gasteiger partial charge in [-0.3, -0.25) is 4.79 Å². The second kappa shape index (κ2) is 6.91. The van der Waals surface area contributed by atoms with Gasteiger partial charge < -0.3 is 19.9 Å². The summed E-state index contributed by atoms with van der Waals surface area (Å²) in [4.78, 5) is 13.3. The van der Waals surface area contributed by atoms with Gasteiger partial charge in [-0.25, -0.2) is 0 Å². The van der Waals surface area contributed by atoms with Gasteiger partial charge in [-0.05, 0) is 55.4 Å². The van der Waals surface area contributed by atoms with Crippen molar-refractivity contribution in [3.8, 4) is 0 Å². The first-order valence-corrected chi connectivity index (χ1v) is 12.4. The van der Waals surface area contributed by atoms with Crippen LogP contribution in [0.2, 0.25) is 0 Å². The molecule has 1 saturated carbocycles. The topological polar surface area (TPSA) is 61.4 Å². The SMILES string of the molecule is C[C@]12CC=C3C=C4CC[C@@H]([N+](C)(C)[O-])C[C@]45CCC3(O5)[C@@H]1CC=C2C(=O)Nc1ccccc1. The molecule has 6 rings (SSSR count). The summed E-state index contributed by atoms with van der Waals surface area (Å²) in [6, 6.07) is 9.76. The largest absolute Gasteiger partial charge is 0.633 e. The van der Waals surface area contributed by atoms with Crippen LogP contribution in [-0.2, 0) is 9.53 Å². The lowest BCUT2D eigenvalue weighted by Gasteiger charge is -2.55. The minimum Gasteiger partial charge on any atom is -0.633 e. The van der Waals surface area contributed by atoms with Gasteiger partial charge in [0.1, 0.15) is 0 Å². The zero-order valence-electron chi connectivity index (χ0n) is 19.9. The fraction of sp³-hybridized carbons (Fsp3) is 0.536. The molecular formula is C28H34N2O3. The lowest BCUT2D eigenvalue weighted by molar-refractivity contribution is -0.869. The molecule has 0 radical (unpaired) electrons. The second-order valence-corrected chi connectivity index (χ2v) is 11.5. The van der Waals surface area contributed by atoms with Crippen LogP contribution < -0.4 is 5.32 Å². The third-order valence-electron chi connectivity index (χ3n) is 9.40. The summed E-state index contributed by atoms with van der Waals surface area (Å²) in [6.07, 6.45) is 13.3. The molecule has 2 spiro atoms. The monoisotopic (exact) mass is 446 g/mol. The molecule has 5 aliphatic rings. The number of hydroxylamine groups is 3. The van der Waals surface area contributed by atoms with Gasteiger partial charge in [0.2, 0.25) is 0 Å². The number of carbonyl (C=O) groups is 1. The number of hydrogen-bond donors (Lipinski definition) is 1. The number of anilines is 1. The maximum atomic E-state index is 13.3. The van der Waals surface area contributed by atoms with Gasteiger partial charge in [-0.1, -0.05) is 43.4 Å². The van der Waals surface area contributed by atoms with Gasteiger partial charge in [0.25, 0.3) is 5.91 Å². The van der Waals surface area contributed by atoms with E-state index in [9.17, 15) is 10.0 Å². The van der Waals surface area contributed by atoms with Crippen LogP contribution >= 0.6 is 0 Å². The van der Waals surface area contributed by atoms with Gasteiger partial charge in [0, 0.05) is 35.4 Å². The van der Waals surface area contributed by atoms with Crippen molar-refractivity contribution in [2.24, 2.45) is 11.3 Å². The lowest BCUT2D eigenvalue weighted by atomic mass is 9.59. The Labute approximate surface area is 196 Å². The van der Waals surface area contributed by atoms with Crippen molar-refractivity contribution >= 4 is 11.6 Å². The molecule has 5 heteroatoms. The van der Waals surface area contributed by atoms with E-state index < -0.39 is 0 Å². The Morgan fingerprint density at radius 3 is 2.73 bits per heavy atom. The minimum absolute atomic E-state index is 0.00216. The molecule has 1 amide bonds. The van der Waals surface area contributed by atoms with Crippen LogP contribution in [0.25, 0.3) is 0 Å². The Morgan fingerprint density at radius 1 is 1.18 bits per heavy atom. The number of ether oxygens (including phenoxy) is 1. The highest BCUT2D eigenvalue weighted by atomic mass is 16.5. The zero-order valence-corrected chi connectivity index (χ0v) is 19.9. The van der Waals surface area contributed by atoms with E-state index in [2.05, 4.69) is 30.5 Å². The van der Waals surface area contributed by atoms with E-state index in [4.69, 9.17) is 4.74 Å². The fourth-order valence-electron chi connectivity index (χ4n) is 7.57. The van der Waals surface area contributed by atoms with E-state index in [0.29, 0.717) is 0 Å². The van der Waals surface area contributed by atoms with E-state index in [-0.39, 0.29) is 39.1 Å². The number of hydrogen-bond acceptors (Lipinski definition) is 3. The average Bonchev–Trinajstić information content (AvgIpc) is 3.29. The molecule has 1 unspecified atom stereocenters. The highest BCUT2D eigenvalue weighted by molar-refractivity contribution is 6.05. The smallest absolute Gasteiger partial charge is 0.251 e. The van der Waals surface area contributed by atoms with Crippen LogP contribution in [0, 0.1) is 16.5 Å². The van der Waals surface area contributed by atoms with Crippen molar-refractivity contribution in [3.05, 3.63) is 70.5 Å². The predicted octanol–water partition coefficient (Wildman–Crippen LogP) is 5.26. The molecule has 3 aliphatic carbocycles. The summed E-state index contributed by atoms with van der Waals surface area (Å²) < 4.78 is 6.93. The van der Waals surface area contributed by atoms with E-state index in [1.165, 1.54) is 11.1 Å². The van der Waals surface area contributed by atoms with Crippen LogP contribution in [0.1, 0.15) is 51.9 Å². The van der Waals surface area contributed by atoms with Crippen LogP contribution in [0.5, 0.6) is 0 Å². The molecule has 2 fully saturated rings. The summed E-state index contributed by atoms with van der Waals surface area (Å²) in [5.41, 5.74) is 3.54. The van der Waals surface area contributed by atoms with E-state index >= 15 is 0 Å². The number of nitrogens with one attached hydrogen (secondary N) is 1. The molecular weight excluding hydrogens is 412 g/mol. The second-order valence-electron chi connectivity index (χ2n) is 11.5. The number of carbonyl (C=O) groups excluding carboxylic acids is 1. The molecule has 1 aromatic carbocycles. The molecule has 0 aromatic heterocycles. The maximum Gasteiger partial charge on any atom is 0.251 e. The standard InChI is InChI=1S/C28H34N2O3/c1-26-14-13-20-17-19-9-10-22(30(2,3)32)18-27(19)15-16-28(20,33-27)24(26)12-11-23(26)25(31)29-21-7-5-4-6-8-21/h4-8,11,13,17,22,24H,9-10,12,14-16,18H2,1-3H3,(H,29,31)/t22-,24-,26-,27-,28?/m1/s1. The average molecular weight is 447 g/mol. The van der Waals surface area contributed by atoms with Gasteiger partial charge in [-0.2, -0.15) is 0 Å². The lowest BCUT2D eigenvalue weighted by Crippen LogP contribution is -2.57. The molecule has 1 N–H and O–H groups in total. The normalized spacial score (nSPS) is 39.0. The van der Waals surface area contributed by atoms with Crippen molar-refractivity contribution in [1.82, 2.24) is 0 Å². The van der Waals surface area contributed by atoms with Gasteiger partial charge in [-0.15, -0.1) is 0 Å². The van der Waals surface area contributed by atoms with Gasteiger partial charge in [0.05, 0.1) is 31.3 Å². The number of rotatable bonds is 3. The first-order valence-electron chi connectivity index (χ1n) is 12.4. The highest BCUT2D eigenvalue weighted by Gasteiger charge is 2.66. The summed E-state index contributed by atoms with van der Waals surface area (Å²) >= 11 is 0. The Hall–Kier alpha value is -2.21. The number of quaternary nitrogens is 1. The molecule has 174 valence electrons. The highest BCUT2D eigenvalue weighted by Crippen LogP contribution is 2.66. The number of fused-ring (bicyclic) bond motifs is 1. The first-order chi connectivity index (χ1) is 15.7. The van der Waals surface area contributed by atoms with Gasteiger partial charge in [0.15, 0.2) is 0 Å². The van der Waals surface area contributed by atoms with Gasteiger partial charge >= 0.3 is 0 Å². The predicted molar refractivity (Wildman–Crippen MR) is 129 cm³/mol. The summed E-state index contributed by atoms with van der Waals surface area (Å²) in [7, 11) is 3.54. The third kappa shape index (κ3) is 2.99. The van der Waals surface area contributed by atoms with Crippen LogP contribution in [0.15, 0.2) is 65.3 Å². The molecule has 5 atom stereocenters. The Kier molecular flexibility index (Phi) is 4.46. The van der Waals surface area contributed by atoms with Crippen LogP contribution in [0.3, 0.4) is 0 Å². The Morgan fingerprint density at radius 2 is 1.97 bits per heavy atom. The Balaban J connectivity index is 1.32. The third-order valence-corrected chi connectivity index (χ3v) is 9.40. The number of nitrogens with zero attached hydrogens (tertiary/aromatic N) is 1. The molecule has 2 heterocycles. The minimum atomic E-state index is -0.344. The Bertz CT molecular complexity index is 1100. The van der Waals surface area contributed by atoms with E-state index in [0.717, 1.165) is 56.2 Å². The number of benzene rings is 1. The van der Waals surface area contributed by atoms with Crippen molar-refractivity contribution in [1.29, 1.82) is 0 Å².